The van der Waals surface area contributed by atoms with E-state index >= 15 is 0 Å². The molecular weight excluding hydrogens is 264 g/mol. The van der Waals surface area contributed by atoms with Gasteiger partial charge in [-0.15, -0.1) is 0 Å². The Labute approximate surface area is 113 Å². The highest BCUT2D eigenvalue weighted by Crippen LogP contribution is 2.31. The van der Waals surface area contributed by atoms with Crippen LogP contribution in [0.3, 0.4) is 0 Å². The number of hydrogen-bond donors (Lipinski definition) is 1. The topological polar surface area (TPSA) is 80.5 Å². The monoisotopic (exact) mass is 278 g/mol. The van der Waals surface area contributed by atoms with Gasteiger partial charge >= 0.3 is 0 Å². The van der Waals surface area contributed by atoms with Crippen LogP contribution in [0.4, 0.5) is 5.69 Å². The zero-order valence-corrected chi connectivity index (χ0v) is 11.1. The van der Waals surface area contributed by atoms with E-state index in [-0.39, 0.29) is 17.9 Å². The van der Waals surface area contributed by atoms with Crippen molar-refractivity contribution in [3.8, 4) is 0 Å². The first-order valence-electron chi connectivity index (χ1n) is 6.21. The summed E-state index contributed by atoms with van der Waals surface area (Å²) in [4.78, 5) is 26.0. The average molecular weight is 278 g/mol. The molecule has 3 rings (SSSR count). The van der Waals surface area contributed by atoms with Crippen LogP contribution >= 0.6 is 0 Å². The number of anilines is 1. The fraction of sp³-hybridized carbons (Fsp3) is 0.385. The molecule has 5 nitrogen and oxygen atoms in total. The highest BCUT2D eigenvalue weighted by Gasteiger charge is 2.41. The van der Waals surface area contributed by atoms with E-state index < -0.39 is 10.8 Å². The fourth-order valence-corrected chi connectivity index (χ4v) is 3.97. The highest BCUT2D eigenvalue weighted by molar-refractivity contribution is 7.85. The first-order chi connectivity index (χ1) is 9.09. The lowest BCUT2D eigenvalue weighted by Crippen LogP contribution is -2.43. The van der Waals surface area contributed by atoms with E-state index in [0.717, 1.165) is 0 Å². The maximum atomic E-state index is 12.4. The summed E-state index contributed by atoms with van der Waals surface area (Å²) in [6, 6.07) is 4.79. The van der Waals surface area contributed by atoms with E-state index in [2.05, 4.69) is 0 Å². The van der Waals surface area contributed by atoms with Gasteiger partial charge in [0.2, 0.25) is 0 Å². The van der Waals surface area contributed by atoms with Crippen molar-refractivity contribution >= 4 is 28.3 Å². The molecule has 2 aliphatic heterocycles. The molecule has 0 bridgehead atoms. The number of rotatable bonds is 1. The summed E-state index contributed by atoms with van der Waals surface area (Å²) in [6.07, 6.45) is 1.22. The summed E-state index contributed by atoms with van der Waals surface area (Å²) in [6.45, 7) is 0. The molecular formula is C13H14N2O3S. The Hall–Kier alpha value is -1.69. The number of carbonyl (C=O) groups is 2. The Kier molecular flexibility index (Phi) is 2.89. The number of nitrogens with two attached hydrogens (primary N) is 1. The predicted octanol–water partition coefficient (Wildman–Crippen LogP) is 0.776. The normalized spacial score (nSPS) is 26.6. The summed E-state index contributed by atoms with van der Waals surface area (Å²) in [7, 11) is -0.812. The van der Waals surface area contributed by atoms with E-state index in [4.69, 9.17) is 5.73 Å². The number of fused-ring (bicyclic) bond motifs is 1. The van der Waals surface area contributed by atoms with Crippen molar-refractivity contribution in [1.29, 1.82) is 0 Å². The van der Waals surface area contributed by atoms with Crippen LogP contribution in [0, 0.1) is 0 Å². The van der Waals surface area contributed by atoms with Crippen LogP contribution in [0.2, 0.25) is 0 Å². The molecule has 1 aromatic carbocycles. The minimum atomic E-state index is -0.812. The van der Waals surface area contributed by atoms with Gasteiger partial charge in [-0.2, -0.15) is 0 Å². The van der Waals surface area contributed by atoms with Crippen LogP contribution in [-0.2, 0) is 10.8 Å². The van der Waals surface area contributed by atoms with E-state index in [9.17, 15) is 13.8 Å². The highest BCUT2D eigenvalue weighted by atomic mass is 32.2. The summed E-state index contributed by atoms with van der Waals surface area (Å²) >= 11 is 0. The average Bonchev–Trinajstić information content (AvgIpc) is 2.65. The van der Waals surface area contributed by atoms with Crippen molar-refractivity contribution in [2.24, 2.45) is 0 Å². The molecule has 0 atom stereocenters. The van der Waals surface area contributed by atoms with Crippen molar-refractivity contribution in [3.63, 3.8) is 0 Å². The van der Waals surface area contributed by atoms with Gasteiger partial charge in [0.1, 0.15) is 0 Å². The van der Waals surface area contributed by atoms with Crippen LogP contribution in [0.5, 0.6) is 0 Å². The van der Waals surface area contributed by atoms with Gasteiger partial charge in [-0.25, -0.2) is 0 Å². The minimum absolute atomic E-state index is 0.149. The van der Waals surface area contributed by atoms with Crippen molar-refractivity contribution in [3.05, 3.63) is 29.3 Å². The molecule has 19 heavy (non-hydrogen) atoms. The van der Waals surface area contributed by atoms with Crippen LogP contribution in [0.1, 0.15) is 33.6 Å². The molecule has 2 heterocycles. The molecule has 100 valence electrons. The third-order valence-corrected chi connectivity index (χ3v) is 5.08. The predicted molar refractivity (Wildman–Crippen MR) is 72.3 cm³/mol. The molecule has 1 fully saturated rings. The van der Waals surface area contributed by atoms with Crippen LogP contribution in [0.15, 0.2) is 18.2 Å². The summed E-state index contributed by atoms with van der Waals surface area (Å²) in [5.74, 6) is 0.516. The minimum Gasteiger partial charge on any atom is -0.398 e. The molecule has 2 aliphatic rings. The zero-order chi connectivity index (χ0) is 13.6. The smallest absolute Gasteiger partial charge is 0.263 e. The van der Waals surface area contributed by atoms with Crippen molar-refractivity contribution in [1.82, 2.24) is 4.90 Å². The quantitative estimate of drug-likeness (QED) is 0.608. The van der Waals surface area contributed by atoms with Gasteiger partial charge in [0.05, 0.1) is 11.1 Å². The molecule has 1 aromatic rings. The zero-order valence-electron chi connectivity index (χ0n) is 10.3. The first kappa shape index (κ1) is 12.3. The van der Waals surface area contributed by atoms with E-state index in [1.165, 1.54) is 4.90 Å². The Bertz CT molecular complexity index is 590. The Balaban J connectivity index is 1.94. The molecule has 0 aliphatic carbocycles. The number of imide groups is 1. The van der Waals surface area contributed by atoms with Gasteiger partial charge in [0.25, 0.3) is 11.8 Å². The van der Waals surface area contributed by atoms with Gasteiger partial charge in [-0.05, 0) is 25.0 Å². The standard InChI is InChI=1S/C13H14N2O3S/c14-10-3-1-2-9-11(10)13(17)15(12(9)16)8-4-6-19(18)7-5-8/h1-3,8H,4-7,14H2. The van der Waals surface area contributed by atoms with E-state index in [1.807, 2.05) is 0 Å². The summed E-state index contributed by atoms with van der Waals surface area (Å²) in [5, 5.41) is 0. The summed E-state index contributed by atoms with van der Waals surface area (Å²) in [5.41, 5.74) is 6.84. The molecule has 0 unspecified atom stereocenters. The molecule has 0 saturated carbocycles. The molecule has 2 N–H and O–H groups in total. The SMILES string of the molecule is Nc1cccc2c1C(=O)N(C1CCS(=O)CC1)C2=O. The van der Waals surface area contributed by atoms with Crippen molar-refractivity contribution < 1.29 is 13.8 Å². The van der Waals surface area contributed by atoms with E-state index in [0.29, 0.717) is 41.2 Å². The lowest BCUT2D eigenvalue weighted by atomic mass is 10.1. The lowest BCUT2D eigenvalue weighted by Gasteiger charge is -2.29. The Morgan fingerprint density at radius 3 is 2.47 bits per heavy atom. The second-order valence-corrected chi connectivity index (χ2v) is 6.53. The molecule has 0 aromatic heterocycles. The second-order valence-electron chi connectivity index (χ2n) is 4.83. The second kappa shape index (κ2) is 4.45. The van der Waals surface area contributed by atoms with Gasteiger partial charge in [-0.3, -0.25) is 18.7 Å². The van der Waals surface area contributed by atoms with Gasteiger partial charge in [-0.1, -0.05) is 6.07 Å². The first-order valence-corrected chi connectivity index (χ1v) is 7.69. The Morgan fingerprint density at radius 1 is 1.16 bits per heavy atom. The Morgan fingerprint density at radius 2 is 1.84 bits per heavy atom. The van der Waals surface area contributed by atoms with Crippen molar-refractivity contribution in [2.45, 2.75) is 18.9 Å². The van der Waals surface area contributed by atoms with Gasteiger partial charge in [0, 0.05) is 34.0 Å². The third-order valence-electron chi connectivity index (χ3n) is 3.70. The van der Waals surface area contributed by atoms with E-state index in [1.54, 1.807) is 18.2 Å². The third kappa shape index (κ3) is 1.87. The summed E-state index contributed by atoms with van der Waals surface area (Å²) < 4.78 is 11.4. The molecule has 1 saturated heterocycles. The fourth-order valence-electron chi connectivity index (χ4n) is 2.70. The lowest BCUT2D eigenvalue weighted by molar-refractivity contribution is 0.0575. The van der Waals surface area contributed by atoms with Crippen LogP contribution in [-0.4, -0.2) is 38.5 Å². The largest absolute Gasteiger partial charge is 0.398 e. The molecule has 6 heteroatoms. The number of nitrogens with zero attached hydrogens (tertiary/aromatic N) is 1. The number of hydrogen-bond acceptors (Lipinski definition) is 4. The van der Waals surface area contributed by atoms with Gasteiger partial charge in [0.15, 0.2) is 0 Å². The van der Waals surface area contributed by atoms with Gasteiger partial charge < -0.3 is 5.73 Å². The van der Waals surface area contributed by atoms with Crippen molar-refractivity contribution in [2.75, 3.05) is 17.2 Å². The van der Waals surface area contributed by atoms with Crippen LogP contribution < -0.4 is 5.73 Å². The maximum absolute atomic E-state index is 12.4. The number of nitrogen functional groups attached to an aromatic ring is 1. The molecule has 0 radical (unpaired) electrons. The molecule has 2 amide bonds. The maximum Gasteiger partial charge on any atom is 0.263 e. The van der Waals surface area contributed by atoms with Crippen LogP contribution in [0.25, 0.3) is 0 Å². The number of amides is 2. The number of benzene rings is 1. The number of carbonyl (C=O) groups excluding carboxylic acids is 2. The molecule has 0 spiro atoms.